The van der Waals surface area contributed by atoms with Crippen LogP contribution in [0.3, 0.4) is 0 Å². The average molecular weight is 266 g/mol. The van der Waals surface area contributed by atoms with Crippen molar-refractivity contribution >= 4 is 17.2 Å². The van der Waals surface area contributed by atoms with Crippen molar-refractivity contribution in [1.29, 1.82) is 0 Å². The Balaban J connectivity index is 2.40. The highest BCUT2D eigenvalue weighted by molar-refractivity contribution is 5.95. The molecule has 19 heavy (non-hydrogen) atoms. The van der Waals surface area contributed by atoms with Crippen molar-refractivity contribution in [3.05, 3.63) is 33.9 Å². The SMILES string of the molecule is CC(=O)c1ccc(N2CC(O)C(O)C2)c([N+](=O)[O-])c1. The summed E-state index contributed by atoms with van der Waals surface area (Å²) in [5.74, 6) is -0.254. The number of Topliss-reactive ketones (excluding diaryl/α,β-unsaturated/α-hetero) is 1. The van der Waals surface area contributed by atoms with Crippen molar-refractivity contribution in [2.75, 3.05) is 18.0 Å². The lowest BCUT2D eigenvalue weighted by molar-refractivity contribution is -0.384. The topological polar surface area (TPSA) is 104 Å². The molecule has 1 aliphatic rings. The molecule has 2 unspecified atom stereocenters. The highest BCUT2D eigenvalue weighted by atomic mass is 16.6. The van der Waals surface area contributed by atoms with E-state index in [4.69, 9.17) is 0 Å². The molecule has 1 aromatic rings. The number of aliphatic hydroxyl groups excluding tert-OH is 2. The third kappa shape index (κ3) is 2.56. The minimum atomic E-state index is -0.924. The lowest BCUT2D eigenvalue weighted by atomic mass is 10.1. The van der Waals surface area contributed by atoms with Gasteiger partial charge in [-0.15, -0.1) is 0 Å². The molecule has 0 radical (unpaired) electrons. The minimum Gasteiger partial charge on any atom is -0.389 e. The van der Waals surface area contributed by atoms with Crippen LogP contribution in [-0.2, 0) is 0 Å². The number of carbonyl (C=O) groups is 1. The molecule has 2 N–H and O–H groups in total. The second kappa shape index (κ2) is 4.94. The molecule has 2 atom stereocenters. The van der Waals surface area contributed by atoms with Gasteiger partial charge < -0.3 is 15.1 Å². The largest absolute Gasteiger partial charge is 0.389 e. The summed E-state index contributed by atoms with van der Waals surface area (Å²) < 4.78 is 0. The molecule has 1 aliphatic heterocycles. The van der Waals surface area contributed by atoms with E-state index in [9.17, 15) is 25.1 Å². The summed E-state index contributed by atoms with van der Waals surface area (Å²) in [5.41, 5.74) is 0.357. The van der Waals surface area contributed by atoms with E-state index in [0.717, 1.165) is 0 Å². The van der Waals surface area contributed by atoms with Crippen LogP contribution >= 0.6 is 0 Å². The summed E-state index contributed by atoms with van der Waals surface area (Å²) in [5, 5.41) is 30.0. The number of hydrogen-bond donors (Lipinski definition) is 2. The predicted molar refractivity (Wildman–Crippen MR) is 67.3 cm³/mol. The first kappa shape index (κ1) is 13.4. The number of nitro benzene ring substituents is 1. The van der Waals surface area contributed by atoms with Gasteiger partial charge in [0, 0.05) is 24.7 Å². The molecule has 0 amide bonds. The molecule has 0 aliphatic carbocycles. The third-order valence-corrected chi connectivity index (χ3v) is 3.18. The lowest BCUT2D eigenvalue weighted by Crippen LogP contribution is -2.22. The summed E-state index contributed by atoms with van der Waals surface area (Å²) in [6.45, 7) is 1.59. The number of hydrogen-bond acceptors (Lipinski definition) is 6. The fourth-order valence-corrected chi connectivity index (χ4v) is 2.12. The Morgan fingerprint density at radius 1 is 1.37 bits per heavy atom. The van der Waals surface area contributed by atoms with Gasteiger partial charge in [-0.25, -0.2) is 0 Å². The number of β-amino-alcohol motifs (C(OH)–C–C–N with tert-alkyl or cyclic N) is 2. The molecule has 2 rings (SSSR count). The van der Waals surface area contributed by atoms with Gasteiger partial charge in [0.25, 0.3) is 5.69 Å². The predicted octanol–water partition coefficient (Wildman–Crippen LogP) is 0.339. The van der Waals surface area contributed by atoms with Crippen molar-refractivity contribution in [2.24, 2.45) is 0 Å². The van der Waals surface area contributed by atoms with Crippen LogP contribution in [0, 0.1) is 10.1 Å². The van der Waals surface area contributed by atoms with Crippen molar-refractivity contribution in [1.82, 2.24) is 0 Å². The van der Waals surface area contributed by atoms with Gasteiger partial charge in [0.2, 0.25) is 0 Å². The van der Waals surface area contributed by atoms with E-state index in [-0.39, 0.29) is 30.1 Å². The molecule has 1 fully saturated rings. The molecular formula is C12H14N2O5. The molecule has 7 heteroatoms. The quantitative estimate of drug-likeness (QED) is 0.464. The molecule has 102 valence electrons. The van der Waals surface area contributed by atoms with E-state index in [1.54, 1.807) is 0 Å². The highest BCUT2D eigenvalue weighted by Gasteiger charge is 2.33. The van der Waals surface area contributed by atoms with Crippen LogP contribution in [0.2, 0.25) is 0 Å². The molecule has 0 bridgehead atoms. The van der Waals surface area contributed by atoms with Gasteiger partial charge in [0.05, 0.1) is 17.1 Å². The summed E-state index contributed by atoms with van der Waals surface area (Å²) in [6, 6.07) is 4.19. The monoisotopic (exact) mass is 266 g/mol. The number of ketones is 1. The second-order valence-corrected chi connectivity index (χ2v) is 4.56. The maximum atomic E-state index is 11.2. The van der Waals surface area contributed by atoms with Crippen LogP contribution in [0.15, 0.2) is 18.2 Å². The smallest absolute Gasteiger partial charge is 0.293 e. The molecule has 1 aromatic carbocycles. The van der Waals surface area contributed by atoms with Gasteiger partial charge in [-0.05, 0) is 19.1 Å². The Kier molecular flexibility index (Phi) is 3.50. The summed E-state index contributed by atoms with van der Waals surface area (Å²) >= 11 is 0. The maximum absolute atomic E-state index is 11.2. The van der Waals surface area contributed by atoms with Crippen LogP contribution in [0.5, 0.6) is 0 Å². The highest BCUT2D eigenvalue weighted by Crippen LogP contribution is 2.31. The first-order valence-corrected chi connectivity index (χ1v) is 5.80. The van der Waals surface area contributed by atoms with Gasteiger partial charge in [-0.2, -0.15) is 0 Å². The van der Waals surface area contributed by atoms with E-state index in [1.807, 2.05) is 0 Å². The van der Waals surface area contributed by atoms with Crippen LogP contribution in [-0.4, -0.2) is 46.2 Å². The molecule has 0 aromatic heterocycles. The Labute approximate surface area is 109 Å². The van der Waals surface area contributed by atoms with Crippen molar-refractivity contribution in [3.8, 4) is 0 Å². The molecule has 0 saturated carbocycles. The van der Waals surface area contributed by atoms with E-state index in [0.29, 0.717) is 5.69 Å². The average Bonchev–Trinajstić information content (AvgIpc) is 2.68. The second-order valence-electron chi connectivity index (χ2n) is 4.56. The van der Waals surface area contributed by atoms with E-state index >= 15 is 0 Å². The molecule has 7 nitrogen and oxygen atoms in total. The minimum absolute atomic E-state index is 0.126. The zero-order valence-corrected chi connectivity index (χ0v) is 10.3. The number of aliphatic hydroxyl groups is 2. The number of benzene rings is 1. The molecule has 0 spiro atoms. The van der Waals surface area contributed by atoms with Crippen molar-refractivity contribution in [3.63, 3.8) is 0 Å². The van der Waals surface area contributed by atoms with Crippen molar-refractivity contribution in [2.45, 2.75) is 19.1 Å². The number of carbonyl (C=O) groups excluding carboxylic acids is 1. The van der Waals surface area contributed by atoms with E-state index in [2.05, 4.69) is 0 Å². The molecule has 1 heterocycles. The standard InChI is InChI=1S/C12H14N2O5/c1-7(15)8-2-3-9(10(4-8)14(18)19)13-5-11(16)12(17)6-13/h2-4,11-12,16-17H,5-6H2,1H3. The van der Waals surface area contributed by atoms with Gasteiger partial charge in [-0.1, -0.05) is 0 Å². The van der Waals surface area contributed by atoms with Gasteiger partial charge in [-0.3, -0.25) is 14.9 Å². The zero-order valence-electron chi connectivity index (χ0n) is 10.3. The Morgan fingerprint density at radius 2 is 1.95 bits per heavy atom. The lowest BCUT2D eigenvalue weighted by Gasteiger charge is -2.17. The summed E-state index contributed by atoms with van der Waals surface area (Å²) in [6.07, 6.45) is -1.85. The number of nitro groups is 1. The Hall–Kier alpha value is -1.99. The number of rotatable bonds is 3. The van der Waals surface area contributed by atoms with E-state index in [1.165, 1.54) is 30.0 Å². The van der Waals surface area contributed by atoms with Gasteiger partial charge in [0.1, 0.15) is 5.69 Å². The Bertz CT molecular complexity index is 521. The Morgan fingerprint density at radius 3 is 2.42 bits per heavy atom. The summed E-state index contributed by atoms with van der Waals surface area (Å²) in [7, 11) is 0. The third-order valence-electron chi connectivity index (χ3n) is 3.18. The van der Waals surface area contributed by atoms with Crippen LogP contribution in [0.1, 0.15) is 17.3 Å². The normalized spacial score (nSPS) is 22.6. The number of nitrogens with zero attached hydrogens (tertiary/aromatic N) is 2. The molecule has 1 saturated heterocycles. The van der Waals surface area contributed by atoms with E-state index < -0.39 is 17.1 Å². The van der Waals surface area contributed by atoms with Crippen LogP contribution in [0.25, 0.3) is 0 Å². The fraction of sp³-hybridized carbons (Fsp3) is 0.417. The van der Waals surface area contributed by atoms with Gasteiger partial charge >= 0.3 is 0 Å². The molecular weight excluding hydrogens is 252 g/mol. The van der Waals surface area contributed by atoms with Gasteiger partial charge in [0.15, 0.2) is 5.78 Å². The van der Waals surface area contributed by atoms with Crippen molar-refractivity contribution < 1.29 is 19.9 Å². The van der Waals surface area contributed by atoms with Crippen LogP contribution < -0.4 is 4.90 Å². The van der Waals surface area contributed by atoms with Crippen LogP contribution in [0.4, 0.5) is 11.4 Å². The fourth-order valence-electron chi connectivity index (χ4n) is 2.12. The summed E-state index contributed by atoms with van der Waals surface area (Å²) in [4.78, 5) is 23.3. The maximum Gasteiger partial charge on any atom is 0.293 e. The first-order valence-electron chi connectivity index (χ1n) is 5.80. The zero-order chi connectivity index (χ0) is 14.2. The first-order chi connectivity index (χ1) is 8.90. The number of anilines is 1.